The molecule has 2 aromatic rings. The van der Waals surface area contributed by atoms with Gasteiger partial charge >= 0.3 is 5.97 Å². The van der Waals surface area contributed by atoms with Gasteiger partial charge in [0.05, 0.1) is 18.8 Å². The molecular formula is C27H30O3. The Morgan fingerprint density at radius 2 is 1.77 bits per heavy atom. The van der Waals surface area contributed by atoms with E-state index in [1.54, 1.807) is 0 Å². The normalized spacial score (nSPS) is 11.8. The third kappa shape index (κ3) is 5.25. The highest BCUT2D eigenvalue weighted by atomic mass is 16.5. The van der Waals surface area contributed by atoms with Gasteiger partial charge in [0.25, 0.3) is 0 Å². The average Bonchev–Trinajstić information content (AvgIpc) is 2.69. The van der Waals surface area contributed by atoms with Crippen molar-refractivity contribution in [2.45, 2.75) is 59.0 Å². The number of hydrogen-bond acceptors (Lipinski definition) is 3. The molecule has 0 aliphatic rings. The van der Waals surface area contributed by atoms with Crippen molar-refractivity contribution in [1.82, 2.24) is 0 Å². The third-order valence-electron chi connectivity index (χ3n) is 4.77. The first-order chi connectivity index (χ1) is 14.1. The molecule has 0 amide bonds. The Bertz CT molecular complexity index is 1010. The van der Waals surface area contributed by atoms with Gasteiger partial charge in [0, 0.05) is 11.1 Å². The fraction of sp³-hybridized carbons (Fsp3) is 0.370. The Morgan fingerprint density at radius 3 is 2.27 bits per heavy atom. The summed E-state index contributed by atoms with van der Waals surface area (Å²) in [6.07, 6.45) is 5.87. The van der Waals surface area contributed by atoms with Gasteiger partial charge in [-0.3, -0.25) is 4.79 Å². The number of hydrogen-bond donors (Lipinski definition) is 0. The van der Waals surface area contributed by atoms with E-state index in [1.807, 2.05) is 57.2 Å². The minimum atomic E-state index is -0.672. The van der Waals surface area contributed by atoms with Crippen molar-refractivity contribution in [2.75, 3.05) is 7.11 Å². The highest BCUT2D eigenvalue weighted by Gasteiger charge is 2.25. The van der Waals surface area contributed by atoms with Crippen molar-refractivity contribution < 1.29 is 14.3 Å². The summed E-state index contributed by atoms with van der Waals surface area (Å²) < 4.78 is 11.1. The van der Waals surface area contributed by atoms with Crippen molar-refractivity contribution in [3.63, 3.8) is 0 Å². The van der Waals surface area contributed by atoms with Crippen molar-refractivity contribution in [2.24, 2.45) is 0 Å². The maximum absolute atomic E-state index is 12.4. The number of esters is 1. The third-order valence-corrected chi connectivity index (χ3v) is 4.77. The van der Waals surface area contributed by atoms with Gasteiger partial charge in [-0.25, -0.2) is 0 Å². The second-order valence-electron chi connectivity index (χ2n) is 8.50. The lowest BCUT2D eigenvalue weighted by molar-refractivity contribution is -0.140. The summed E-state index contributed by atoms with van der Waals surface area (Å²) in [7, 11) is 1.37. The molecule has 0 N–H and O–H groups in total. The Kier molecular flexibility index (Phi) is 7.36. The molecule has 0 saturated carbocycles. The molecule has 0 aliphatic heterocycles. The van der Waals surface area contributed by atoms with Crippen LogP contribution in [0.1, 0.15) is 68.4 Å². The molecule has 2 aromatic carbocycles. The highest BCUT2D eigenvalue weighted by molar-refractivity contribution is 5.82. The second kappa shape index (κ2) is 9.55. The van der Waals surface area contributed by atoms with Crippen LogP contribution in [0.4, 0.5) is 0 Å². The second-order valence-corrected chi connectivity index (χ2v) is 8.50. The molecule has 0 heterocycles. The van der Waals surface area contributed by atoms with Crippen LogP contribution in [0.15, 0.2) is 36.4 Å². The molecule has 3 heteroatoms. The molecule has 0 aliphatic carbocycles. The summed E-state index contributed by atoms with van der Waals surface area (Å²) in [6, 6.07) is 11.4. The minimum Gasteiger partial charge on any atom is -0.489 e. The Hall–Kier alpha value is -3.17. The molecule has 3 nitrogen and oxygen atoms in total. The summed E-state index contributed by atoms with van der Waals surface area (Å²) in [5.74, 6) is 8.75. The first-order valence-electron chi connectivity index (χ1n) is 10.1. The van der Waals surface area contributed by atoms with E-state index in [0.29, 0.717) is 5.56 Å². The molecule has 0 bridgehead atoms. The summed E-state index contributed by atoms with van der Waals surface area (Å²) in [5, 5.41) is 0. The fourth-order valence-electron chi connectivity index (χ4n) is 3.17. The van der Waals surface area contributed by atoms with Crippen LogP contribution in [0, 0.1) is 31.1 Å². The number of methoxy groups -OCH3 is 1. The van der Waals surface area contributed by atoms with Gasteiger partial charge in [-0.1, -0.05) is 68.9 Å². The van der Waals surface area contributed by atoms with Crippen LogP contribution in [0.2, 0.25) is 0 Å². The largest absolute Gasteiger partial charge is 0.489 e. The molecule has 156 valence electrons. The van der Waals surface area contributed by atoms with Crippen molar-refractivity contribution in [3.8, 4) is 29.9 Å². The molecule has 0 radical (unpaired) electrons. The topological polar surface area (TPSA) is 35.5 Å². The summed E-state index contributed by atoms with van der Waals surface area (Å²) in [5.41, 5.74) is 3.95. The Balaban J connectivity index is 2.68. The number of benzene rings is 2. The van der Waals surface area contributed by atoms with Gasteiger partial charge in [0.15, 0.2) is 0 Å². The molecule has 0 saturated heterocycles. The fourth-order valence-corrected chi connectivity index (χ4v) is 3.17. The van der Waals surface area contributed by atoms with E-state index in [1.165, 1.54) is 7.11 Å². The lowest BCUT2D eigenvalue weighted by Crippen LogP contribution is -2.18. The van der Waals surface area contributed by atoms with E-state index in [4.69, 9.17) is 15.9 Å². The molecule has 1 unspecified atom stereocenters. The minimum absolute atomic E-state index is 0.00341. The number of carbonyl (C=O) groups excluding carboxylic acids is 1. The lowest BCUT2D eigenvalue weighted by Gasteiger charge is -2.26. The molecule has 2 rings (SSSR count). The van der Waals surface area contributed by atoms with Crippen LogP contribution in [0.3, 0.4) is 0 Å². The Morgan fingerprint density at radius 1 is 1.13 bits per heavy atom. The average molecular weight is 403 g/mol. The monoisotopic (exact) mass is 402 g/mol. The van der Waals surface area contributed by atoms with E-state index in [9.17, 15) is 4.79 Å². The molecule has 0 spiro atoms. The molecule has 0 aromatic heterocycles. The van der Waals surface area contributed by atoms with Crippen molar-refractivity contribution >= 4 is 5.97 Å². The number of ether oxygens (including phenoxy) is 2. The van der Waals surface area contributed by atoms with Crippen LogP contribution in [0.5, 0.6) is 5.75 Å². The van der Waals surface area contributed by atoms with Crippen LogP contribution in [-0.2, 0) is 14.9 Å². The van der Waals surface area contributed by atoms with E-state index < -0.39 is 5.92 Å². The van der Waals surface area contributed by atoms with Gasteiger partial charge < -0.3 is 9.47 Å². The van der Waals surface area contributed by atoms with Gasteiger partial charge in [0.1, 0.15) is 11.7 Å². The van der Waals surface area contributed by atoms with E-state index in [-0.39, 0.29) is 17.5 Å². The van der Waals surface area contributed by atoms with Gasteiger partial charge in [-0.05, 0) is 43.4 Å². The van der Waals surface area contributed by atoms with Crippen LogP contribution in [-0.4, -0.2) is 19.2 Å². The first-order valence-corrected chi connectivity index (χ1v) is 10.1. The van der Waals surface area contributed by atoms with Crippen molar-refractivity contribution in [1.29, 1.82) is 0 Å². The zero-order valence-corrected chi connectivity index (χ0v) is 18.9. The van der Waals surface area contributed by atoms with Crippen LogP contribution >= 0.6 is 0 Å². The lowest BCUT2D eigenvalue weighted by atomic mass is 9.82. The predicted molar refractivity (Wildman–Crippen MR) is 122 cm³/mol. The summed E-state index contributed by atoms with van der Waals surface area (Å²) >= 11 is 0. The maximum atomic E-state index is 12.4. The smallest absolute Gasteiger partial charge is 0.325 e. The van der Waals surface area contributed by atoms with E-state index >= 15 is 0 Å². The van der Waals surface area contributed by atoms with E-state index in [2.05, 4.69) is 38.5 Å². The van der Waals surface area contributed by atoms with E-state index in [0.717, 1.165) is 28.0 Å². The summed E-state index contributed by atoms with van der Waals surface area (Å²) in [6.45, 7) is 12.2. The zero-order valence-electron chi connectivity index (χ0n) is 18.9. The molecule has 0 fully saturated rings. The Labute approximate surface area is 180 Å². The first kappa shape index (κ1) is 23.1. The van der Waals surface area contributed by atoms with Crippen molar-refractivity contribution in [3.05, 3.63) is 64.2 Å². The van der Waals surface area contributed by atoms with Gasteiger partial charge in [-0.15, -0.1) is 6.42 Å². The molecular weight excluding hydrogens is 372 g/mol. The van der Waals surface area contributed by atoms with Crippen LogP contribution < -0.4 is 4.74 Å². The highest BCUT2D eigenvalue weighted by Crippen LogP contribution is 2.38. The zero-order chi connectivity index (χ0) is 22.5. The van der Waals surface area contributed by atoms with Gasteiger partial charge in [0.2, 0.25) is 0 Å². The maximum Gasteiger partial charge on any atom is 0.325 e. The van der Waals surface area contributed by atoms with Gasteiger partial charge in [-0.2, -0.15) is 0 Å². The number of terminal acetylenes is 1. The predicted octanol–water partition coefficient (Wildman–Crippen LogP) is 5.37. The standard InChI is InChI=1S/C27H30O3/c1-9-22-19(4)21(17-24(27(5,6)7)25(22)30-18(2)3)15-16-23(26(28)29-8)20-13-11-10-12-14-20/h1,10-14,17-18,23H,2-8H3. The quantitative estimate of drug-likeness (QED) is 0.509. The number of carbonyl (C=O) groups is 1. The molecule has 1 atom stereocenters. The van der Waals surface area contributed by atoms with Crippen LogP contribution in [0.25, 0.3) is 0 Å². The molecule has 30 heavy (non-hydrogen) atoms. The SMILES string of the molecule is C#Cc1c(C)c(C#CC(C(=O)OC)c2ccccc2)cc(C(C)(C)C)c1OC(C)C. The summed E-state index contributed by atoms with van der Waals surface area (Å²) in [4.78, 5) is 12.4. The number of rotatable bonds is 4.